The lowest BCUT2D eigenvalue weighted by Gasteiger charge is -2.22. The van der Waals surface area contributed by atoms with Gasteiger partial charge in [-0.2, -0.15) is 0 Å². The molecule has 132 valence electrons. The number of thioether (sulfide) groups is 1. The van der Waals surface area contributed by atoms with Crippen LogP contribution in [0.2, 0.25) is 10.0 Å². The zero-order valence-electron chi connectivity index (χ0n) is 13.8. The zero-order chi connectivity index (χ0) is 17.6. The van der Waals surface area contributed by atoms with Gasteiger partial charge in [-0.25, -0.2) is 4.98 Å². The summed E-state index contributed by atoms with van der Waals surface area (Å²) in [5.74, 6) is 0.517. The van der Waals surface area contributed by atoms with Crippen molar-refractivity contribution < 1.29 is 4.79 Å². The summed E-state index contributed by atoms with van der Waals surface area (Å²) in [5.41, 5.74) is 1.30. The molecule has 0 radical (unpaired) electrons. The molecule has 6 heteroatoms. The summed E-state index contributed by atoms with van der Waals surface area (Å²) in [6.07, 6.45) is 5.77. The Morgan fingerprint density at radius 1 is 1.08 bits per heavy atom. The Hall–Kier alpha value is -1.23. The van der Waals surface area contributed by atoms with Crippen LogP contribution in [0.4, 0.5) is 0 Å². The van der Waals surface area contributed by atoms with Gasteiger partial charge in [-0.1, -0.05) is 54.6 Å². The molecule has 1 saturated carbocycles. The van der Waals surface area contributed by atoms with Gasteiger partial charge in [0.25, 0.3) is 5.91 Å². The van der Waals surface area contributed by atoms with Crippen molar-refractivity contribution in [3.05, 3.63) is 57.8 Å². The molecular formula is C19H20Cl2N2OS. The van der Waals surface area contributed by atoms with Crippen LogP contribution in [0, 0.1) is 0 Å². The van der Waals surface area contributed by atoms with E-state index in [0.717, 1.165) is 23.4 Å². The first-order chi connectivity index (χ1) is 12.1. The molecule has 0 bridgehead atoms. The molecule has 1 heterocycles. The largest absolute Gasteiger partial charge is 0.348 e. The van der Waals surface area contributed by atoms with Crippen LogP contribution >= 0.6 is 35.0 Å². The first-order valence-electron chi connectivity index (χ1n) is 8.47. The second-order valence-electron chi connectivity index (χ2n) is 6.16. The van der Waals surface area contributed by atoms with Crippen molar-refractivity contribution in [3.8, 4) is 0 Å². The van der Waals surface area contributed by atoms with Crippen LogP contribution in [0.15, 0.2) is 41.3 Å². The van der Waals surface area contributed by atoms with Gasteiger partial charge in [-0.05, 0) is 37.1 Å². The molecule has 0 unspecified atom stereocenters. The molecule has 2 aromatic rings. The molecule has 1 aliphatic rings. The van der Waals surface area contributed by atoms with E-state index in [-0.39, 0.29) is 11.9 Å². The summed E-state index contributed by atoms with van der Waals surface area (Å²) in [7, 11) is 0. The van der Waals surface area contributed by atoms with E-state index in [2.05, 4.69) is 10.3 Å². The van der Waals surface area contributed by atoms with Crippen molar-refractivity contribution in [1.82, 2.24) is 10.3 Å². The summed E-state index contributed by atoms with van der Waals surface area (Å²) in [5, 5.41) is 4.36. The second kappa shape index (κ2) is 8.93. The first kappa shape index (κ1) is 18.6. The second-order valence-corrected chi connectivity index (χ2v) is 7.96. The number of pyridine rings is 1. The molecule has 25 heavy (non-hydrogen) atoms. The Balaban J connectivity index is 1.63. The molecule has 0 aliphatic heterocycles. The monoisotopic (exact) mass is 394 g/mol. The Bertz CT molecular complexity index is 728. The number of aromatic nitrogens is 1. The molecule has 0 spiro atoms. The average molecular weight is 395 g/mol. The van der Waals surface area contributed by atoms with E-state index < -0.39 is 0 Å². The van der Waals surface area contributed by atoms with E-state index in [1.807, 2.05) is 30.3 Å². The number of carbonyl (C=O) groups excluding carboxylic acids is 1. The van der Waals surface area contributed by atoms with Gasteiger partial charge in [0.1, 0.15) is 5.69 Å². The SMILES string of the molecule is O=C(NC1CCCCC1)c1cccc(CSc2c(Cl)cccc2Cl)n1. The Morgan fingerprint density at radius 3 is 2.48 bits per heavy atom. The zero-order valence-corrected chi connectivity index (χ0v) is 16.1. The van der Waals surface area contributed by atoms with Gasteiger partial charge in [-0.3, -0.25) is 4.79 Å². The standard InChI is InChI=1S/C19H20Cl2N2OS/c20-15-9-5-10-16(21)18(15)25-12-14-8-4-11-17(22-14)19(24)23-13-6-2-1-3-7-13/h4-5,8-11,13H,1-3,6-7,12H2,(H,23,24). The van der Waals surface area contributed by atoms with Crippen LogP contribution in [0.3, 0.4) is 0 Å². The van der Waals surface area contributed by atoms with E-state index in [1.165, 1.54) is 31.0 Å². The third-order valence-electron chi connectivity index (χ3n) is 4.26. The molecule has 3 rings (SSSR count). The van der Waals surface area contributed by atoms with E-state index in [0.29, 0.717) is 21.5 Å². The number of hydrogen-bond donors (Lipinski definition) is 1. The molecule has 1 aromatic carbocycles. The maximum atomic E-state index is 12.4. The van der Waals surface area contributed by atoms with Crippen LogP contribution in [-0.2, 0) is 5.75 Å². The number of nitrogens with one attached hydrogen (secondary N) is 1. The van der Waals surface area contributed by atoms with Gasteiger partial charge in [0.2, 0.25) is 0 Å². The minimum Gasteiger partial charge on any atom is -0.348 e. The normalized spacial score (nSPS) is 15.1. The van der Waals surface area contributed by atoms with Gasteiger partial charge < -0.3 is 5.32 Å². The minimum absolute atomic E-state index is 0.0884. The molecule has 3 nitrogen and oxygen atoms in total. The molecule has 0 atom stereocenters. The summed E-state index contributed by atoms with van der Waals surface area (Å²) in [6, 6.07) is 11.3. The molecule has 1 N–H and O–H groups in total. The Labute approximate surface area is 162 Å². The lowest BCUT2D eigenvalue weighted by atomic mass is 9.95. The van der Waals surface area contributed by atoms with Crippen LogP contribution < -0.4 is 5.32 Å². The van der Waals surface area contributed by atoms with E-state index in [9.17, 15) is 4.79 Å². The third-order valence-corrected chi connectivity index (χ3v) is 6.29. The Morgan fingerprint density at radius 2 is 1.76 bits per heavy atom. The van der Waals surface area contributed by atoms with E-state index >= 15 is 0 Å². The molecule has 1 amide bonds. The molecular weight excluding hydrogens is 375 g/mol. The topological polar surface area (TPSA) is 42.0 Å². The first-order valence-corrected chi connectivity index (χ1v) is 10.2. The fourth-order valence-electron chi connectivity index (χ4n) is 2.96. The predicted molar refractivity (Wildman–Crippen MR) is 105 cm³/mol. The van der Waals surface area contributed by atoms with Gasteiger partial charge in [0, 0.05) is 16.7 Å². The van der Waals surface area contributed by atoms with Crippen LogP contribution in [-0.4, -0.2) is 16.9 Å². The average Bonchev–Trinajstić information content (AvgIpc) is 2.62. The number of nitrogens with zero attached hydrogens (tertiary/aromatic N) is 1. The van der Waals surface area contributed by atoms with Gasteiger partial charge >= 0.3 is 0 Å². The number of halogens is 2. The predicted octanol–water partition coefficient (Wildman–Crippen LogP) is 5.74. The number of benzene rings is 1. The molecule has 1 fully saturated rings. The van der Waals surface area contributed by atoms with Crippen molar-refractivity contribution in [3.63, 3.8) is 0 Å². The Kier molecular flexibility index (Phi) is 6.63. The highest BCUT2D eigenvalue weighted by Gasteiger charge is 2.17. The quantitative estimate of drug-likeness (QED) is 0.656. The van der Waals surface area contributed by atoms with Crippen LogP contribution in [0.5, 0.6) is 0 Å². The van der Waals surface area contributed by atoms with E-state index in [1.54, 1.807) is 6.07 Å². The highest BCUT2D eigenvalue weighted by molar-refractivity contribution is 7.98. The highest BCUT2D eigenvalue weighted by atomic mass is 35.5. The van der Waals surface area contributed by atoms with Crippen molar-refractivity contribution in [2.75, 3.05) is 0 Å². The maximum absolute atomic E-state index is 12.4. The lowest BCUT2D eigenvalue weighted by Crippen LogP contribution is -2.36. The highest BCUT2D eigenvalue weighted by Crippen LogP contribution is 2.35. The fourth-order valence-corrected chi connectivity index (χ4v) is 4.55. The number of carbonyl (C=O) groups is 1. The minimum atomic E-state index is -0.0884. The number of amides is 1. The number of rotatable bonds is 5. The summed E-state index contributed by atoms with van der Waals surface area (Å²) in [4.78, 5) is 17.8. The van der Waals surface area contributed by atoms with Crippen molar-refractivity contribution in [1.29, 1.82) is 0 Å². The van der Waals surface area contributed by atoms with Gasteiger partial charge in [0.15, 0.2) is 0 Å². The van der Waals surface area contributed by atoms with Crippen molar-refractivity contribution in [2.45, 2.75) is 48.8 Å². The lowest BCUT2D eigenvalue weighted by molar-refractivity contribution is 0.0922. The van der Waals surface area contributed by atoms with E-state index in [4.69, 9.17) is 23.2 Å². The molecule has 1 aliphatic carbocycles. The van der Waals surface area contributed by atoms with Crippen LogP contribution in [0.25, 0.3) is 0 Å². The molecule has 1 aromatic heterocycles. The smallest absolute Gasteiger partial charge is 0.270 e. The summed E-state index contributed by atoms with van der Waals surface area (Å²) < 4.78 is 0. The number of hydrogen-bond acceptors (Lipinski definition) is 3. The van der Waals surface area contributed by atoms with Gasteiger partial charge in [0.05, 0.1) is 15.7 Å². The van der Waals surface area contributed by atoms with Gasteiger partial charge in [-0.15, -0.1) is 11.8 Å². The van der Waals surface area contributed by atoms with Crippen molar-refractivity contribution >= 4 is 40.9 Å². The third kappa shape index (κ3) is 5.13. The molecule has 0 saturated heterocycles. The van der Waals surface area contributed by atoms with Crippen molar-refractivity contribution in [2.24, 2.45) is 0 Å². The fraction of sp³-hybridized carbons (Fsp3) is 0.368. The summed E-state index contributed by atoms with van der Waals surface area (Å²) >= 11 is 13.9. The maximum Gasteiger partial charge on any atom is 0.270 e. The summed E-state index contributed by atoms with van der Waals surface area (Å²) in [6.45, 7) is 0. The van der Waals surface area contributed by atoms with Crippen LogP contribution in [0.1, 0.15) is 48.3 Å².